The fourth-order valence-corrected chi connectivity index (χ4v) is 4.25. The molecule has 1 aromatic heterocycles. The average molecular weight is 497 g/mol. The molecule has 0 aliphatic carbocycles. The molecule has 3 aliphatic rings. The number of urea groups is 1. The quantitative estimate of drug-likeness (QED) is 0.639. The highest BCUT2D eigenvalue weighted by Crippen LogP contribution is 2.30. The van der Waals surface area contributed by atoms with Gasteiger partial charge in [-0.25, -0.2) is 19.2 Å². The number of nitrogens with one attached hydrogen (secondary N) is 1. The van der Waals surface area contributed by atoms with E-state index in [4.69, 9.17) is 0 Å². The lowest BCUT2D eigenvalue weighted by molar-refractivity contribution is -0.138. The van der Waals surface area contributed by atoms with Gasteiger partial charge in [0.05, 0.1) is 23.2 Å². The number of amides is 3. The second-order valence-corrected chi connectivity index (χ2v) is 8.57. The molecular formula is C21H23F4N7O3. The van der Waals surface area contributed by atoms with Gasteiger partial charge >= 0.3 is 12.2 Å². The van der Waals surface area contributed by atoms with Crippen molar-refractivity contribution < 1.29 is 27.2 Å². The van der Waals surface area contributed by atoms with E-state index >= 15 is 4.39 Å². The van der Waals surface area contributed by atoms with Gasteiger partial charge in [0.15, 0.2) is 5.84 Å². The maximum atomic E-state index is 15.1. The summed E-state index contributed by atoms with van der Waals surface area (Å²) in [5.74, 6) is 0.00301. The van der Waals surface area contributed by atoms with E-state index in [1.165, 1.54) is 19.1 Å². The third-order valence-corrected chi connectivity index (χ3v) is 6.23. The normalized spacial score (nSPS) is 24.7. The summed E-state index contributed by atoms with van der Waals surface area (Å²) < 4.78 is 55.1. The van der Waals surface area contributed by atoms with E-state index in [1.54, 1.807) is 17.2 Å². The number of carbonyl (C=O) groups excluding carboxylic acids is 2. The number of likely N-dealkylation sites (N-methyl/N-ethyl adjacent to an activating group) is 1. The van der Waals surface area contributed by atoms with Gasteiger partial charge in [-0.2, -0.15) is 13.2 Å². The number of anilines is 1. The Kier molecular flexibility index (Phi) is 6.25. The summed E-state index contributed by atoms with van der Waals surface area (Å²) in [7, 11) is 3.97. The van der Waals surface area contributed by atoms with E-state index in [-0.39, 0.29) is 18.9 Å². The first-order chi connectivity index (χ1) is 16.4. The summed E-state index contributed by atoms with van der Waals surface area (Å²) >= 11 is 0. The van der Waals surface area contributed by atoms with Crippen LogP contribution in [0.1, 0.15) is 12.0 Å². The monoisotopic (exact) mass is 497 g/mol. The van der Waals surface area contributed by atoms with Crippen LogP contribution in [0.5, 0.6) is 0 Å². The van der Waals surface area contributed by atoms with Gasteiger partial charge in [-0.1, -0.05) is 0 Å². The smallest absolute Gasteiger partial charge is 0.322 e. The molecule has 4 rings (SSSR count). The number of hydrogen-bond acceptors (Lipinski definition) is 6. The minimum Gasteiger partial charge on any atom is -0.322 e. The van der Waals surface area contributed by atoms with Gasteiger partial charge in [0.25, 0.3) is 11.5 Å². The molecule has 35 heavy (non-hydrogen) atoms. The number of fused-ring (bicyclic) bond motifs is 1. The highest BCUT2D eigenvalue weighted by atomic mass is 19.4. The number of rotatable bonds is 3. The van der Waals surface area contributed by atoms with E-state index in [1.807, 2.05) is 0 Å². The molecule has 1 aromatic rings. The summed E-state index contributed by atoms with van der Waals surface area (Å²) in [4.78, 5) is 44.1. The van der Waals surface area contributed by atoms with E-state index in [9.17, 15) is 27.6 Å². The molecule has 0 aromatic carbocycles. The molecule has 0 radical (unpaired) electrons. The van der Waals surface area contributed by atoms with Crippen molar-refractivity contribution in [3.63, 3.8) is 0 Å². The molecule has 188 valence electrons. The van der Waals surface area contributed by atoms with Crippen LogP contribution in [0.3, 0.4) is 0 Å². The summed E-state index contributed by atoms with van der Waals surface area (Å²) in [5.41, 5.74) is -2.14. The van der Waals surface area contributed by atoms with Crippen molar-refractivity contribution in [3.05, 3.63) is 39.8 Å². The highest BCUT2D eigenvalue weighted by Gasteiger charge is 2.38. The van der Waals surface area contributed by atoms with Gasteiger partial charge in [0, 0.05) is 46.6 Å². The average Bonchev–Trinajstić information content (AvgIpc) is 3.08. The Hall–Kier alpha value is -3.55. The second kappa shape index (κ2) is 8.91. The van der Waals surface area contributed by atoms with Crippen LogP contribution < -0.4 is 10.9 Å². The van der Waals surface area contributed by atoms with E-state index in [0.717, 1.165) is 16.5 Å². The lowest BCUT2D eigenvalue weighted by Crippen LogP contribution is -2.56. The number of aliphatic imine (C=N–C) groups is 1. The number of piperidine rings is 1. The number of likely N-dealkylation sites (tertiary alicyclic amines) is 1. The third-order valence-electron chi connectivity index (χ3n) is 6.23. The summed E-state index contributed by atoms with van der Waals surface area (Å²) in [6, 6.07) is -1.64. The van der Waals surface area contributed by atoms with Gasteiger partial charge in [0.1, 0.15) is 11.9 Å². The number of amidine groups is 1. The van der Waals surface area contributed by atoms with Crippen molar-refractivity contribution in [2.75, 3.05) is 32.5 Å². The molecule has 0 spiro atoms. The largest absolute Gasteiger partial charge is 0.417 e. The predicted molar refractivity (Wildman–Crippen MR) is 119 cm³/mol. The predicted octanol–water partition coefficient (Wildman–Crippen LogP) is 1.45. The topological polar surface area (TPSA) is 103 Å². The molecular weight excluding hydrogens is 474 g/mol. The maximum Gasteiger partial charge on any atom is 0.417 e. The number of pyridine rings is 1. The Bertz CT molecular complexity index is 1210. The Morgan fingerprint density at radius 1 is 1.26 bits per heavy atom. The van der Waals surface area contributed by atoms with Crippen molar-refractivity contribution in [2.24, 2.45) is 17.1 Å². The number of hydrazone groups is 1. The lowest BCUT2D eigenvalue weighted by atomic mass is 9.98. The Morgan fingerprint density at radius 3 is 2.63 bits per heavy atom. The van der Waals surface area contributed by atoms with Crippen LogP contribution in [-0.4, -0.2) is 88.8 Å². The zero-order chi connectivity index (χ0) is 25.7. The number of carbonyl (C=O) groups is 2. The zero-order valence-electron chi connectivity index (χ0n) is 19.1. The number of aryl methyl sites for hydroxylation is 1. The van der Waals surface area contributed by atoms with Crippen LogP contribution >= 0.6 is 0 Å². The number of halogens is 4. The van der Waals surface area contributed by atoms with Gasteiger partial charge in [0.2, 0.25) is 0 Å². The van der Waals surface area contributed by atoms with E-state index < -0.39 is 47.3 Å². The van der Waals surface area contributed by atoms with Gasteiger partial charge in [-0.05, 0) is 18.6 Å². The van der Waals surface area contributed by atoms with Crippen LogP contribution in [0.4, 0.5) is 28.0 Å². The van der Waals surface area contributed by atoms with Crippen LogP contribution in [0.25, 0.3) is 0 Å². The third kappa shape index (κ3) is 4.70. The van der Waals surface area contributed by atoms with Gasteiger partial charge in [-0.15, -0.1) is 5.10 Å². The molecule has 1 saturated heterocycles. The zero-order valence-corrected chi connectivity index (χ0v) is 19.1. The number of alkyl halides is 4. The molecule has 3 amide bonds. The molecule has 3 atom stereocenters. The molecule has 0 bridgehead atoms. The first-order valence-corrected chi connectivity index (χ1v) is 10.7. The standard InChI is InChI=1S/C21H23F4N7O3/c1-29-9-11(21(23,24)25)6-15(19(29)34)27-20(35)30(2)16-4-5-32(10-14(16)22)12-7-13-17(26-8-12)28-31(3)18(13)33/h6-9,12,14,16H,4-5,10H2,1-3H3,(H,27,35)/t12?,14-,16-/m1/s1. The van der Waals surface area contributed by atoms with Crippen molar-refractivity contribution in [1.29, 1.82) is 0 Å². The molecule has 1 fully saturated rings. The fraction of sp³-hybridized carbons (Fsp3) is 0.476. The van der Waals surface area contributed by atoms with Crippen LogP contribution in [0.2, 0.25) is 0 Å². The first kappa shape index (κ1) is 24.6. The van der Waals surface area contributed by atoms with Crippen LogP contribution in [-0.2, 0) is 18.0 Å². The van der Waals surface area contributed by atoms with Gasteiger partial charge < -0.3 is 14.8 Å². The lowest BCUT2D eigenvalue weighted by Gasteiger charge is -2.41. The second-order valence-electron chi connectivity index (χ2n) is 8.57. The van der Waals surface area contributed by atoms with Crippen LogP contribution in [0.15, 0.2) is 38.8 Å². The molecule has 1 N–H and O–H groups in total. The molecule has 0 saturated carbocycles. The summed E-state index contributed by atoms with van der Waals surface area (Å²) in [5, 5.41) is 7.36. The Morgan fingerprint density at radius 2 is 1.97 bits per heavy atom. The number of hydrogen-bond donors (Lipinski definition) is 1. The number of nitrogens with zero attached hydrogens (tertiary/aromatic N) is 6. The molecule has 4 heterocycles. The first-order valence-electron chi connectivity index (χ1n) is 10.7. The summed E-state index contributed by atoms with van der Waals surface area (Å²) in [6.45, 7) is 0.301. The van der Waals surface area contributed by atoms with Crippen molar-refractivity contribution >= 4 is 29.7 Å². The number of aromatic nitrogens is 1. The summed E-state index contributed by atoms with van der Waals surface area (Å²) in [6.07, 6.45) is -2.12. The molecule has 3 aliphatic heterocycles. The minimum atomic E-state index is -4.71. The Balaban J connectivity index is 1.42. The van der Waals surface area contributed by atoms with E-state index in [2.05, 4.69) is 15.4 Å². The van der Waals surface area contributed by atoms with Crippen molar-refractivity contribution in [3.8, 4) is 0 Å². The molecule has 1 unspecified atom stereocenters. The SMILES string of the molecule is CN1N=C2N=CC(N3CC[C@@H](N(C)C(=O)Nc4cc(C(F)(F)F)cn(C)c4=O)[C@H](F)C3)C=C2C1=O. The minimum absolute atomic E-state index is 0.0649. The van der Waals surface area contributed by atoms with E-state index in [0.29, 0.717) is 30.2 Å². The maximum absolute atomic E-state index is 15.1. The van der Waals surface area contributed by atoms with Gasteiger partial charge in [-0.3, -0.25) is 14.5 Å². The Labute approximate surface area is 197 Å². The molecule has 14 heteroatoms. The highest BCUT2D eigenvalue weighted by molar-refractivity contribution is 6.26. The van der Waals surface area contributed by atoms with Crippen molar-refractivity contribution in [2.45, 2.75) is 30.9 Å². The van der Waals surface area contributed by atoms with Crippen molar-refractivity contribution in [1.82, 2.24) is 19.4 Å². The molecule has 10 nitrogen and oxygen atoms in total. The van der Waals surface area contributed by atoms with Crippen LogP contribution in [0, 0.1) is 0 Å². The fourth-order valence-electron chi connectivity index (χ4n) is 4.25. The number of dihydropyridines is 1.